The Bertz CT molecular complexity index is 1160. The van der Waals surface area contributed by atoms with Crippen molar-refractivity contribution < 1.29 is 34.0 Å². The molecule has 2 amide bonds. The highest BCUT2D eigenvalue weighted by Crippen LogP contribution is 2.34. The molecule has 0 bridgehead atoms. The number of hydrogen-bond acceptors (Lipinski definition) is 7. The van der Waals surface area contributed by atoms with Gasteiger partial charge in [-0.25, -0.2) is 0 Å². The van der Waals surface area contributed by atoms with Crippen molar-refractivity contribution in [3.05, 3.63) is 63.2 Å². The first kappa shape index (κ1) is 27.2. The van der Waals surface area contributed by atoms with Crippen molar-refractivity contribution in [2.24, 2.45) is 0 Å². The highest BCUT2D eigenvalue weighted by Gasteiger charge is 2.40. The summed E-state index contributed by atoms with van der Waals surface area (Å²) in [5.74, 6) is 1.32. The number of aliphatic hydroxyl groups is 2. The van der Waals surface area contributed by atoms with Gasteiger partial charge in [0.1, 0.15) is 18.0 Å². The normalized spacial score (nSPS) is 20.2. The van der Waals surface area contributed by atoms with Crippen molar-refractivity contribution in [3.8, 4) is 17.2 Å². The average molecular weight is 622 g/mol. The van der Waals surface area contributed by atoms with Gasteiger partial charge in [0.25, 0.3) is 0 Å². The van der Waals surface area contributed by atoms with Gasteiger partial charge in [-0.3, -0.25) is 9.59 Å². The maximum absolute atomic E-state index is 13.4. The lowest BCUT2D eigenvalue weighted by Gasteiger charge is -2.40. The summed E-state index contributed by atoms with van der Waals surface area (Å²) in [7, 11) is 0. The Morgan fingerprint density at radius 3 is 2.73 bits per heavy atom. The summed E-state index contributed by atoms with van der Waals surface area (Å²) in [6.45, 7) is 2.19. The molecule has 1 aliphatic heterocycles. The zero-order valence-electron chi connectivity index (χ0n) is 20.6. The second-order valence-electron chi connectivity index (χ2n) is 8.91. The fourth-order valence-electron chi connectivity index (χ4n) is 4.45. The van der Waals surface area contributed by atoms with Gasteiger partial charge in [-0.1, -0.05) is 25.1 Å². The van der Waals surface area contributed by atoms with Crippen LogP contribution in [0.4, 0.5) is 0 Å². The summed E-state index contributed by atoms with van der Waals surface area (Å²) in [4.78, 5) is 27.9. The van der Waals surface area contributed by atoms with E-state index < -0.39 is 18.2 Å². The number of aliphatic hydroxyl groups excluding tert-OH is 2. The first-order chi connectivity index (χ1) is 17.9. The zero-order valence-corrected chi connectivity index (χ0v) is 22.7. The van der Waals surface area contributed by atoms with Crippen LogP contribution in [0.1, 0.15) is 31.7 Å². The van der Waals surface area contributed by atoms with Crippen molar-refractivity contribution in [3.63, 3.8) is 0 Å². The van der Waals surface area contributed by atoms with E-state index in [1.165, 1.54) is 0 Å². The summed E-state index contributed by atoms with van der Waals surface area (Å²) < 4.78 is 17.9. The summed E-state index contributed by atoms with van der Waals surface area (Å²) in [5.41, 5.74) is 1.21. The summed E-state index contributed by atoms with van der Waals surface area (Å²) in [5, 5.41) is 23.3. The molecule has 0 spiro atoms. The number of ether oxygens (including phenoxy) is 3. The maximum Gasteiger partial charge on any atom is 0.247 e. The van der Waals surface area contributed by atoms with Gasteiger partial charge in [0.2, 0.25) is 18.6 Å². The number of carbonyl (C=O) groups excluding carboxylic acids is 2. The minimum absolute atomic E-state index is 0.0984. The van der Waals surface area contributed by atoms with E-state index in [1.54, 1.807) is 23.1 Å². The van der Waals surface area contributed by atoms with Crippen molar-refractivity contribution in [2.75, 3.05) is 19.9 Å². The Balaban J connectivity index is 1.66. The van der Waals surface area contributed by atoms with Crippen molar-refractivity contribution in [1.82, 2.24) is 10.2 Å². The predicted molar refractivity (Wildman–Crippen MR) is 144 cm³/mol. The van der Waals surface area contributed by atoms with E-state index in [0.29, 0.717) is 35.7 Å². The molecule has 198 valence electrons. The Morgan fingerprint density at radius 2 is 1.97 bits per heavy atom. The number of amides is 2. The molecule has 0 unspecified atom stereocenters. The molecule has 2 aromatic rings. The van der Waals surface area contributed by atoms with E-state index in [-0.39, 0.29) is 44.7 Å². The quantitative estimate of drug-likeness (QED) is 0.349. The van der Waals surface area contributed by atoms with Gasteiger partial charge >= 0.3 is 0 Å². The average Bonchev–Trinajstić information content (AvgIpc) is 3.36. The Morgan fingerprint density at radius 1 is 1.19 bits per heavy atom. The molecule has 0 saturated carbocycles. The van der Waals surface area contributed by atoms with E-state index in [2.05, 4.69) is 27.9 Å². The van der Waals surface area contributed by atoms with E-state index in [1.807, 2.05) is 37.3 Å². The first-order valence-corrected chi connectivity index (χ1v) is 13.4. The second kappa shape index (κ2) is 12.6. The lowest BCUT2D eigenvalue weighted by atomic mass is 9.87. The molecule has 3 atom stereocenters. The molecular formula is C27H31IN2O7. The molecule has 2 aliphatic rings. The second-order valence-corrected chi connectivity index (χ2v) is 10.1. The molecule has 1 heterocycles. The Kier molecular flexibility index (Phi) is 9.28. The van der Waals surface area contributed by atoms with Crippen LogP contribution in [0.2, 0.25) is 0 Å². The van der Waals surface area contributed by atoms with Crippen LogP contribution >= 0.6 is 22.6 Å². The van der Waals surface area contributed by atoms with Crippen LogP contribution < -0.4 is 19.5 Å². The van der Waals surface area contributed by atoms with E-state index in [0.717, 1.165) is 9.13 Å². The molecule has 4 rings (SSSR count). The van der Waals surface area contributed by atoms with Gasteiger partial charge in [-0.15, -0.1) is 0 Å². The minimum Gasteiger partial charge on any atom is -0.482 e. The number of carbonyl (C=O) groups is 2. The van der Waals surface area contributed by atoms with Gasteiger partial charge in [-0.05, 0) is 64.9 Å². The van der Waals surface area contributed by atoms with Crippen molar-refractivity contribution in [2.45, 2.75) is 51.0 Å². The number of benzene rings is 2. The van der Waals surface area contributed by atoms with E-state index >= 15 is 0 Å². The monoisotopic (exact) mass is 622 g/mol. The van der Waals surface area contributed by atoms with Gasteiger partial charge < -0.3 is 34.6 Å². The van der Waals surface area contributed by atoms with Crippen LogP contribution in [0.25, 0.3) is 0 Å². The highest BCUT2D eigenvalue weighted by molar-refractivity contribution is 14.1. The highest BCUT2D eigenvalue weighted by atomic mass is 127. The fourth-order valence-corrected chi connectivity index (χ4v) is 4.96. The largest absolute Gasteiger partial charge is 0.482 e. The molecule has 1 aliphatic carbocycles. The van der Waals surface area contributed by atoms with Crippen molar-refractivity contribution >= 4 is 34.4 Å². The lowest BCUT2D eigenvalue weighted by molar-refractivity contribution is -0.139. The van der Waals surface area contributed by atoms with Gasteiger partial charge in [0, 0.05) is 31.5 Å². The van der Waals surface area contributed by atoms with Crippen LogP contribution in [0.5, 0.6) is 17.2 Å². The molecular weight excluding hydrogens is 591 g/mol. The molecule has 0 radical (unpaired) electrons. The van der Waals surface area contributed by atoms with Crippen LogP contribution in [-0.4, -0.2) is 65.1 Å². The molecule has 0 saturated heterocycles. The van der Waals surface area contributed by atoms with Gasteiger partial charge in [0.15, 0.2) is 11.5 Å². The molecule has 37 heavy (non-hydrogen) atoms. The topological polar surface area (TPSA) is 118 Å². The maximum atomic E-state index is 13.4. The molecule has 0 aromatic heterocycles. The third-order valence-corrected chi connectivity index (χ3v) is 7.18. The SMILES string of the molecule is CCCC(=O)N(Cc1ccc2c(c1)OCO2)[C@@H]1CC(C(=O)NCCO)=C[C@H](Oc2ccccc2I)[C@H]1O. The number of hydrogen-bond donors (Lipinski definition) is 3. The van der Waals surface area contributed by atoms with Crippen LogP contribution in [0, 0.1) is 3.57 Å². The Hall–Kier alpha value is -2.83. The summed E-state index contributed by atoms with van der Waals surface area (Å²) in [6.07, 6.45) is 0.746. The number of fused-ring (bicyclic) bond motifs is 1. The molecule has 2 aromatic carbocycles. The summed E-state index contributed by atoms with van der Waals surface area (Å²) >= 11 is 2.15. The number of nitrogens with one attached hydrogen (secondary N) is 1. The van der Waals surface area contributed by atoms with Gasteiger partial charge in [-0.2, -0.15) is 0 Å². The lowest BCUT2D eigenvalue weighted by Crippen LogP contribution is -2.54. The fraction of sp³-hybridized carbons (Fsp3) is 0.407. The molecule has 9 nitrogen and oxygen atoms in total. The third-order valence-electron chi connectivity index (χ3n) is 6.29. The van der Waals surface area contributed by atoms with Gasteiger partial charge in [0.05, 0.1) is 16.2 Å². The van der Waals surface area contributed by atoms with Crippen molar-refractivity contribution in [1.29, 1.82) is 0 Å². The number of para-hydroxylation sites is 1. The number of rotatable bonds is 10. The predicted octanol–water partition coefficient (Wildman–Crippen LogP) is 2.76. The van der Waals surface area contributed by atoms with E-state index in [9.17, 15) is 14.7 Å². The number of halogens is 1. The Labute approximate surface area is 229 Å². The van der Waals surface area contributed by atoms with Crippen LogP contribution in [0.3, 0.4) is 0 Å². The smallest absolute Gasteiger partial charge is 0.247 e. The third kappa shape index (κ3) is 6.55. The minimum atomic E-state index is -1.08. The van der Waals surface area contributed by atoms with E-state index in [4.69, 9.17) is 19.3 Å². The zero-order chi connectivity index (χ0) is 26.4. The van der Waals surface area contributed by atoms with Crippen LogP contribution in [0.15, 0.2) is 54.1 Å². The molecule has 0 fully saturated rings. The summed E-state index contributed by atoms with van der Waals surface area (Å²) in [6, 6.07) is 12.2. The standard InChI is InChI=1S/C27H31IN2O7/c1-2-5-25(32)30(15-17-8-9-22-23(12-17)36-16-35-22)20-13-18(27(34)29-10-11-31)14-24(26(20)33)37-21-7-4-3-6-19(21)28/h3-4,6-9,12,14,20,24,26,31,33H,2,5,10-11,13,15-16H2,1H3,(H,29,34)/t20-,24+,26+/m1/s1. The molecule has 10 heteroatoms. The first-order valence-electron chi connectivity index (χ1n) is 12.3. The molecule has 3 N–H and O–H groups in total. The van der Waals surface area contributed by atoms with Crippen LogP contribution in [-0.2, 0) is 16.1 Å². The number of nitrogens with zero attached hydrogens (tertiary/aromatic N) is 1.